The Morgan fingerprint density at radius 1 is 1.11 bits per heavy atom. The molecule has 0 saturated heterocycles. The molecule has 140 valence electrons. The molecule has 1 heterocycles. The zero-order valence-electron chi connectivity index (χ0n) is 15.9. The lowest BCUT2D eigenvalue weighted by Crippen LogP contribution is -2.27. The SMILES string of the molecule is COc1ccc([C@@H](CC(=O)N(C)Cc2nc(C)cs2)c2ccccc2)cc1. The second-order valence-corrected chi connectivity index (χ2v) is 7.52. The van der Waals surface area contributed by atoms with Gasteiger partial charge in [-0.05, 0) is 30.2 Å². The van der Waals surface area contributed by atoms with E-state index in [0.29, 0.717) is 13.0 Å². The molecule has 0 bridgehead atoms. The summed E-state index contributed by atoms with van der Waals surface area (Å²) in [5, 5.41) is 2.97. The van der Waals surface area contributed by atoms with E-state index in [1.807, 2.05) is 61.8 Å². The molecule has 0 N–H and O–H groups in total. The summed E-state index contributed by atoms with van der Waals surface area (Å²) in [5.41, 5.74) is 3.24. The van der Waals surface area contributed by atoms with Gasteiger partial charge in [0, 0.05) is 30.5 Å². The van der Waals surface area contributed by atoms with Crippen LogP contribution in [0.5, 0.6) is 5.75 Å². The Hall–Kier alpha value is -2.66. The van der Waals surface area contributed by atoms with Crippen molar-refractivity contribution in [3.63, 3.8) is 0 Å². The fraction of sp³-hybridized carbons (Fsp3) is 0.273. The molecule has 4 nitrogen and oxygen atoms in total. The van der Waals surface area contributed by atoms with Crippen LogP contribution in [0.3, 0.4) is 0 Å². The van der Waals surface area contributed by atoms with Crippen LogP contribution in [0.4, 0.5) is 0 Å². The third kappa shape index (κ3) is 4.95. The van der Waals surface area contributed by atoms with Crippen molar-refractivity contribution in [3.8, 4) is 5.75 Å². The van der Waals surface area contributed by atoms with Crippen LogP contribution in [-0.4, -0.2) is 29.9 Å². The number of carbonyl (C=O) groups is 1. The van der Waals surface area contributed by atoms with E-state index < -0.39 is 0 Å². The molecule has 0 radical (unpaired) electrons. The van der Waals surface area contributed by atoms with Gasteiger partial charge in [0.2, 0.25) is 5.91 Å². The van der Waals surface area contributed by atoms with E-state index in [2.05, 4.69) is 17.1 Å². The molecule has 3 rings (SSSR count). The Morgan fingerprint density at radius 3 is 2.37 bits per heavy atom. The summed E-state index contributed by atoms with van der Waals surface area (Å²) in [5.74, 6) is 0.922. The molecule has 0 aliphatic heterocycles. The molecule has 27 heavy (non-hydrogen) atoms. The fourth-order valence-corrected chi connectivity index (χ4v) is 3.87. The first-order valence-corrected chi connectivity index (χ1v) is 9.78. The monoisotopic (exact) mass is 380 g/mol. The number of aryl methyl sites for hydroxylation is 1. The highest BCUT2D eigenvalue weighted by Crippen LogP contribution is 2.30. The summed E-state index contributed by atoms with van der Waals surface area (Å²) in [7, 11) is 3.50. The van der Waals surface area contributed by atoms with Crippen molar-refractivity contribution in [2.75, 3.05) is 14.2 Å². The van der Waals surface area contributed by atoms with Crippen LogP contribution in [0.2, 0.25) is 0 Å². The first-order valence-electron chi connectivity index (χ1n) is 8.90. The summed E-state index contributed by atoms with van der Waals surface area (Å²) in [6.45, 7) is 2.51. The summed E-state index contributed by atoms with van der Waals surface area (Å²) in [6, 6.07) is 18.1. The molecule has 1 aromatic heterocycles. The standard InChI is InChI=1S/C22H24N2O2S/c1-16-15-27-21(23-16)14-24(2)22(25)13-20(17-7-5-4-6-8-17)18-9-11-19(26-3)12-10-18/h4-12,15,20H,13-14H2,1-3H3/t20-/m0/s1. The molecule has 0 saturated carbocycles. The largest absolute Gasteiger partial charge is 0.497 e. The molecule has 2 aromatic carbocycles. The molecule has 5 heteroatoms. The predicted octanol–water partition coefficient (Wildman–Crippen LogP) is 4.64. The van der Waals surface area contributed by atoms with Crippen molar-refractivity contribution in [1.82, 2.24) is 9.88 Å². The van der Waals surface area contributed by atoms with Gasteiger partial charge in [-0.15, -0.1) is 11.3 Å². The van der Waals surface area contributed by atoms with Gasteiger partial charge in [-0.1, -0.05) is 42.5 Å². The van der Waals surface area contributed by atoms with Crippen LogP contribution >= 0.6 is 11.3 Å². The van der Waals surface area contributed by atoms with Gasteiger partial charge in [0.05, 0.1) is 13.7 Å². The Labute approximate surface area is 164 Å². The highest BCUT2D eigenvalue weighted by Gasteiger charge is 2.21. The molecular weight excluding hydrogens is 356 g/mol. The normalized spacial score (nSPS) is 11.8. The van der Waals surface area contributed by atoms with Crippen LogP contribution < -0.4 is 4.74 Å². The minimum atomic E-state index is 0.00471. The second-order valence-electron chi connectivity index (χ2n) is 6.57. The number of thiazole rings is 1. The Balaban J connectivity index is 1.79. The van der Waals surface area contributed by atoms with Crippen LogP contribution in [-0.2, 0) is 11.3 Å². The molecule has 0 fully saturated rings. The van der Waals surface area contributed by atoms with Crippen LogP contribution in [0.25, 0.3) is 0 Å². The summed E-state index contributed by atoms with van der Waals surface area (Å²) in [4.78, 5) is 19.1. The van der Waals surface area contributed by atoms with Gasteiger partial charge < -0.3 is 9.64 Å². The van der Waals surface area contributed by atoms with Crippen molar-refractivity contribution < 1.29 is 9.53 Å². The van der Waals surface area contributed by atoms with Gasteiger partial charge in [0.1, 0.15) is 10.8 Å². The van der Waals surface area contributed by atoms with Crippen LogP contribution in [0.1, 0.15) is 34.2 Å². The number of hydrogen-bond donors (Lipinski definition) is 0. The van der Waals surface area contributed by atoms with Crippen molar-refractivity contribution in [1.29, 1.82) is 0 Å². The maximum absolute atomic E-state index is 12.9. The maximum atomic E-state index is 12.9. The fourth-order valence-electron chi connectivity index (χ4n) is 3.05. The quantitative estimate of drug-likeness (QED) is 0.600. The molecule has 1 amide bonds. The minimum absolute atomic E-state index is 0.00471. The van der Waals surface area contributed by atoms with Gasteiger partial charge in [0.25, 0.3) is 0 Å². The van der Waals surface area contributed by atoms with E-state index in [1.165, 1.54) is 0 Å². The van der Waals surface area contributed by atoms with Gasteiger partial charge in [-0.25, -0.2) is 4.98 Å². The van der Waals surface area contributed by atoms with Crippen LogP contribution in [0, 0.1) is 6.92 Å². The average Bonchev–Trinajstić information content (AvgIpc) is 3.11. The minimum Gasteiger partial charge on any atom is -0.497 e. The van der Waals surface area contributed by atoms with E-state index in [-0.39, 0.29) is 11.8 Å². The van der Waals surface area contributed by atoms with Crippen LogP contribution in [0.15, 0.2) is 60.0 Å². The lowest BCUT2D eigenvalue weighted by atomic mass is 9.88. The predicted molar refractivity (Wildman–Crippen MR) is 109 cm³/mol. The van der Waals surface area contributed by atoms with Gasteiger partial charge in [-0.2, -0.15) is 0 Å². The number of ether oxygens (including phenoxy) is 1. The Morgan fingerprint density at radius 2 is 1.78 bits per heavy atom. The smallest absolute Gasteiger partial charge is 0.223 e. The number of methoxy groups -OCH3 is 1. The van der Waals surface area contributed by atoms with E-state index >= 15 is 0 Å². The number of nitrogens with zero attached hydrogens (tertiary/aromatic N) is 2. The molecule has 0 spiro atoms. The molecular formula is C22H24N2O2S. The number of carbonyl (C=O) groups excluding carboxylic acids is 1. The van der Waals surface area contributed by atoms with Crippen molar-refractivity contribution >= 4 is 17.2 Å². The molecule has 0 aliphatic carbocycles. The van der Waals surface area contributed by atoms with Crippen molar-refractivity contribution in [3.05, 3.63) is 81.8 Å². The van der Waals surface area contributed by atoms with E-state index in [4.69, 9.17) is 4.74 Å². The Kier molecular flexibility index (Phi) is 6.24. The highest BCUT2D eigenvalue weighted by molar-refractivity contribution is 7.09. The number of hydrogen-bond acceptors (Lipinski definition) is 4. The summed E-state index contributed by atoms with van der Waals surface area (Å²) < 4.78 is 5.26. The lowest BCUT2D eigenvalue weighted by molar-refractivity contribution is -0.130. The molecule has 1 atom stereocenters. The lowest BCUT2D eigenvalue weighted by Gasteiger charge is -2.22. The van der Waals surface area contributed by atoms with E-state index in [1.54, 1.807) is 23.3 Å². The third-order valence-electron chi connectivity index (χ3n) is 4.56. The van der Waals surface area contributed by atoms with Gasteiger partial charge >= 0.3 is 0 Å². The number of benzene rings is 2. The highest BCUT2D eigenvalue weighted by atomic mass is 32.1. The van der Waals surface area contributed by atoms with Gasteiger partial charge in [-0.3, -0.25) is 4.79 Å². The number of rotatable bonds is 7. The van der Waals surface area contributed by atoms with Crippen molar-refractivity contribution in [2.45, 2.75) is 25.8 Å². The summed E-state index contributed by atoms with van der Waals surface area (Å²) in [6.07, 6.45) is 0.414. The first kappa shape index (κ1) is 19.1. The second kappa shape index (κ2) is 8.82. The summed E-state index contributed by atoms with van der Waals surface area (Å²) >= 11 is 1.59. The topological polar surface area (TPSA) is 42.4 Å². The molecule has 3 aromatic rings. The molecule has 0 unspecified atom stereocenters. The third-order valence-corrected chi connectivity index (χ3v) is 5.52. The van der Waals surface area contributed by atoms with Crippen molar-refractivity contribution in [2.24, 2.45) is 0 Å². The maximum Gasteiger partial charge on any atom is 0.223 e. The first-order chi connectivity index (χ1) is 13.1. The number of aromatic nitrogens is 1. The molecule has 0 aliphatic rings. The average molecular weight is 381 g/mol. The van der Waals surface area contributed by atoms with E-state index in [9.17, 15) is 4.79 Å². The number of amides is 1. The van der Waals surface area contributed by atoms with Gasteiger partial charge in [0.15, 0.2) is 0 Å². The van der Waals surface area contributed by atoms with E-state index in [0.717, 1.165) is 27.6 Å². The zero-order chi connectivity index (χ0) is 19.2. The Bertz CT molecular complexity index is 875. The zero-order valence-corrected chi connectivity index (χ0v) is 16.7.